The third-order valence-corrected chi connectivity index (χ3v) is 4.07. The molecule has 0 bridgehead atoms. The molecule has 1 aromatic rings. The lowest BCUT2D eigenvalue weighted by Crippen LogP contribution is -2.18. The lowest BCUT2D eigenvalue weighted by atomic mass is 10.2. The number of benzene rings is 1. The lowest BCUT2D eigenvalue weighted by Gasteiger charge is -2.12. The van der Waals surface area contributed by atoms with E-state index in [1.807, 2.05) is 20.0 Å². The molecule has 0 aliphatic rings. The average Bonchev–Trinajstić information content (AvgIpc) is 2.34. The molecule has 0 aliphatic heterocycles. The first kappa shape index (κ1) is 15.8. The van der Waals surface area contributed by atoms with E-state index in [2.05, 4.69) is 10.0 Å². The molecule has 0 aromatic heterocycles. The van der Waals surface area contributed by atoms with Crippen molar-refractivity contribution >= 4 is 15.7 Å². The maximum Gasteiger partial charge on any atom is 0.232 e. The summed E-state index contributed by atoms with van der Waals surface area (Å²) in [5.41, 5.74) is 1.48. The van der Waals surface area contributed by atoms with E-state index in [1.54, 1.807) is 12.1 Å². The zero-order valence-corrected chi connectivity index (χ0v) is 12.5. The monoisotopic (exact) mass is 286 g/mol. The molecule has 0 fully saturated rings. The van der Waals surface area contributed by atoms with Gasteiger partial charge in [-0.3, -0.25) is 4.72 Å². The van der Waals surface area contributed by atoms with Crippen molar-refractivity contribution in [3.8, 4) is 5.75 Å². The van der Waals surface area contributed by atoms with Gasteiger partial charge in [0, 0.05) is 0 Å². The van der Waals surface area contributed by atoms with E-state index in [-0.39, 0.29) is 5.75 Å². The minimum atomic E-state index is -3.32. The van der Waals surface area contributed by atoms with E-state index in [0.29, 0.717) is 17.9 Å². The van der Waals surface area contributed by atoms with Crippen molar-refractivity contribution in [2.75, 3.05) is 31.2 Å². The van der Waals surface area contributed by atoms with Crippen molar-refractivity contribution in [1.82, 2.24) is 5.32 Å². The summed E-state index contributed by atoms with van der Waals surface area (Å²) in [4.78, 5) is 0. The summed E-state index contributed by atoms with van der Waals surface area (Å²) in [6.45, 7) is 2.73. The second kappa shape index (κ2) is 7.35. The molecule has 5 nitrogen and oxygen atoms in total. The minimum absolute atomic E-state index is 0.117. The molecule has 108 valence electrons. The van der Waals surface area contributed by atoms with Crippen LogP contribution < -0.4 is 14.8 Å². The topological polar surface area (TPSA) is 67.4 Å². The molecule has 0 saturated heterocycles. The number of hydrogen-bond acceptors (Lipinski definition) is 4. The Bertz CT molecular complexity index is 501. The number of rotatable bonds is 8. The number of sulfonamides is 1. The fourth-order valence-corrected chi connectivity index (χ4v) is 2.89. The molecule has 6 heteroatoms. The van der Waals surface area contributed by atoms with Gasteiger partial charge in [0.05, 0.1) is 18.6 Å². The molecule has 1 rings (SSSR count). The molecule has 0 saturated carbocycles. The molecule has 0 heterocycles. The second-order valence-corrected chi connectivity index (χ2v) is 6.28. The predicted octanol–water partition coefficient (Wildman–Crippen LogP) is 1.74. The Kier molecular flexibility index (Phi) is 6.11. The maximum absolute atomic E-state index is 12.0. The quantitative estimate of drug-likeness (QED) is 0.714. The number of ether oxygens (including phenoxy) is 1. The third kappa shape index (κ3) is 5.48. The van der Waals surface area contributed by atoms with Gasteiger partial charge >= 0.3 is 0 Å². The van der Waals surface area contributed by atoms with Crippen LogP contribution in [0.1, 0.15) is 18.4 Å². The summed E-state index contributed by atoms with van der Waals surface area (Å²) in [6, 6.07) is 5.40. The Morgan fingerprint density at radius 2 is 2.00 bits per heavy atom. The highest BCUT2D eigenvalue weighted by Gasteiger charge is 2.13. The zero-order valence-electron chi connectivity index (χ0n) is 11.7. The number of unbranched alkanes of at least 4 members (excludes halogenated alkanes) is 1. The highest BCUT2D eigenvalue weighted by molar-refractivity contribution is 7.92. The van der Waals surface area contributed by atoms with Gasteiger partial charge in [0.15, 0.2) is 0 Å². The molecule has 0 amide bonds. The van der Waals surface area contributed by atoms with E-state index < -0.39 is 10.0 Å². The van der Waals surface area contributed by atoms with Crippen LogP contribution in [0.4, 0.5) is 5.69 Å². The number of nitrogens with one attached hydrogen (secondary N) is 2. The summed E-state index contributed by atoms with van der Waals surface area (Å²) in [7, 11) is 0.0525. The maximum atomic E-state index is 12.0. The fourth-order valence-electron chi connectivity index (χ4n) is 1.71. The number of anilines is 1. The number of aryl methyl sites for hydroxylation is 1. The second-order valence-electron chi connectivity index (χ2n) is 4.44. The summed E-state index contributed by atoms with van der Waals surface area (Å²) < 4.78 is 31.6. The number of methoxy groups -OCH3 is 1. The van der Waals surface area contributed by atoms with Gasteiger partial charge in [0.2, 0.25) is 10.0 Å². The van der Waals surface area contributed by atoms with Crippen molar-refractivity contribution < 1.29 is 13.2 Å². The van der Waals surface area contributed by atoms with Crippen LogP contribution in [0.15, 0.2) is 18.2 Å². The molecule has 0 unspecified atom stereocenters. The average molecular weight is 286 g/mol. The highest BCUT2D eigenvalue weighted by atomic mass is 32.2. The first-order chi connectivity index (χ1) is 8.98. The van der Waals surface area contributed by atoms with E-state index in [4.69, 9.17) is 4.74 Å². The predicted molar refractivity (Wildman–Crippen MR) is 78.3 cm³/mol. The van der Waals surface area contributed by atoms with Crippen LogP contribution in [0.25, 0.3) is 0 Å². The van der Waals surface area contributed by atoms with Gasteiger partial charge in [-0.15, -0.1) is 0 Å². The molecule has 0 aliphatic carbocycles. The molecule has 1 aromatic carbocycles. The van der Waals surface area contributed by atoms with Crippen LogP contribution in [-0.4, -0.2) is 34.9 Å². The van der Waals surface area contributed by atoms with Gasteiger partial charge in [-0.05, 0) is 51.1 Å². The molecule has 0 atom stereocenters. The van der Waals surface area contributed by atoms with Crippen molar-refractivity contribution in [2.45, 2.75) is 19.8 Å². The van der Waals surface area contributed by atoms with E-state index >= 15 is 0 Å². The van der Waals surface area contributed by atoms with E-state index in [1.165, 1.54) is 7.11 Å². The molecular formula is C13H22N2O3S. The summed E-state index contributed by atoms with van der Waals surface area (Å²) in [5.74, 6) is 0.649. The molecule has 0 radical (unpaired) electrons. The molecular weight excluding hydrogens is 264 g/mol. The van der Waals surface area contributed by atoms with E-state index in [9.17, 15) is 8.42 Å². The zero-order chi connectivity index (χ0) is 14.3. The lowest BCUT2D eigenvalue weighted by molar-refractivity contribution is 0.417. The van der Waals surface area contributed by atoms with Crippen LogP contribution in [-0.2, 0) is 10.0 Å². The van der Waals surface area contributed by atoms with Crippen molar-refractivity contribution in [3.63, 3.8) is 0 Å². The Balaban J connectivity index is 2.69. The van der Waals surface area contributed by atoms with Crippen LogP contribution in [0.3, 0.4) is 0 Å². The standard InChI is InChI=1S/C13H22N2O3S/c1-11-6-7-13(18-3)12(10-11)15-19(16,17)9-5-4-8-14-2/h6-7,10,14-15H,4-5,8-9H2,1-3H3. The first-order valence-electron chi connectivity index (χ1n) is 6.28. The van der Waals surface area contributed by atoms with Gasteiger partial charge in [0.1, 0.15) is 5.75 Å². The van der Waals surface area contributed by atoms with Gasteiger partial charge in [-0.1, -0.05) is 6.07 Å². The summed E-state index contributed by atoms with van der Waals surface area (Å²) in [6.07, 6.45) is 1.46. The van der Waals surface area contributed by atoms with Gasteiger partial charge < -0.3 is 10.1 Å². The van der Waals surface area contributed by atoms with Gasteiger partial charge in [0.25, 0.3) is 0 Å². The SMILES string of the molecule is CNCCCCS(=O)(=O)Nc1cc(C)ccc1OC. The Morgan fingerprint density at radius 1 is 1.26 bits per heavy atom. The van der Waals surface area contributed by atoms with Crippen LogP contribution >= 0.6 is 0 Å². The normalized spacial score (nSPS) is 11.3. The molecule has 0 spiro atoms. The summed E-state index contributed by atoms with van der Waals surface area (Å²) in [5, 5.41) is 2.99. The third-order valence-electron chi connectivity index (χ3n) is 2.71. The number of hydrogen-bond donors (Lipinski definition) is 2. The largest absolute Gasteiger partial charge is 0.495 e. The fraction of sp³-hybridized carbons (Fsp3) is 0.538. The van der Waals surface area contributed by atoms with Crippen molar-refractivity contribution in [3.05, 3.63) is 23.8 Å². The van der Waals surface area contributed by atoms with Crippen molar-refractivity contribution in [1.29, 1.82) is 0 Å². The van der Waals surface area contributed by atoms with Gasteiger partial charge in [-0.2, -0.15) is 0 Å². The van der Waals surface area contributed by atoms with Gasteiger partial charge in [-0.25, -0.2) is 8.42 Å². The Hall–Kier alpha value is -1.27. The first-order valence-corrected chi connectivity index (χ1v) is 7.93. The summed E-state index contributed by atoms with van der Waals surface area (Å²) >= 11 is 0. The molecule has 19 heavy (non-hydrogen) atoms. The Labute approximate surface area is 115 Å². The minimum Gasteiger partial charge on any atom is -0.495 e. The molecule has 2 N–H and O–H groups in total. The van der Waals surface area contributed by atoms with Crippen LogP contribution in [0, 0.1) is 6.92 Å². The van der Waals surface area contributed by atoms with E-state index in [0.717, 1.165) is 18.5 Å². The van der Waals surface area contributed by atoms with Crippen LogP contribution in [0.2, 0.25) is 0 Å². The van der Waals surface area contributed by atoms with Crippen molar-refractivity contribution in [2.24, 2.45) is 0 Å². The Morgan fingerprint density at radius 3 is 2.63 bits per heavy atom. The smallest absolute Gasteiger partial charge is 0.232 e. The highest BCUT2D eigenvalue weighted by Crippen LogP contribution is 2.26. The van der Waals surface area contributed by atoms with Crippen LogP contribution in [0.5, 0.6) is 5.75 Å².